The fraction of sp³-hybridized carbons (Fsp3) is 0.100. The van der Waals surface area contributed by atoms with Crippen LogP contribution in [-0.4, -0.2) is 13.0 Å². The minimum Gasteiger partial charge on any atom is -0.333 e. The Kier molecular flexibility index (Phi) is 5.94. The lowest BCUT2D eigenvalue weighted by Crippen LogP contribution is -2.16. The molecule has 0 aliphatic carbocycles. The summed E-state index contributed by atoms with van der Waals surface area (Å²) >= 11 is 0. The number of benzene rings is 1. The molecule has 1 aromatic carbocycles. The van der Waals surface area contributed by atoms with Gasteiger partial charge in [-0.05, 0) is 19.2 Å². The molecule has 0 radical (unpaired) electrons. The molecule has 1 rings (SSSR count). The molecule has 3 nitrogen and oxygen atoms in total. The second-order valence-corrected chi connectivity index (χ2v) is 1.96. The number of amides is 1. The molecule has 3 heteroatoms. The van der Waals surface area contributed by atoms with Crippen LogP contribution in [0.1, 0.15) is 10.4 Å². The van der Waals surface area contributed by atoms with Crippen LogP contribution in [-0.2, 0) is 0 Å². The Hall–Kier alpha value is -1.79. The van der Waals surface area contributed by atoms with Gasteiger partial charge in [0.15, 0.2) is 0 Å². The molecule has 0 atom stereocenters. The quantitative estimate of drug-likeness (QED) is 0.486. The molecule has 0 aromatic heterocycles. The van der Waals surface area contributed by atoms with E-state index >= 15 is 0 Å². The van der Waals surface area contributed by atoms with Gasteiger partial charge in [0.2, 0.25) is 0 Å². The fourth-order valence-corrected chi connectivity index (χ4v) is 0.727. The third kappa shape index (κ3) is 3.94. The average molecular weight is 176 g/mol. The van der Waals surface area contributed by atoms with Crippen molar-refractivity contribution in [1.29, 1.82) is 0 Å². The van der Waals surface area contributed by atoms with Crippen LogP contribution in [0.4, 0.5) is 0 Å². The van der Waals surface area contributed by atoms with E-state index in [0.717, 1.165) is 0 Å². The molecule has 0 fully saturated rings. The van der Waals surface area contributed by atoms with Crippen molar-refractivity contribution in [3.8, 4) is 12.5 Å². The van der Waals surface area contributed by atoms with E-state index in [1.165, 1.54) is 7.05 Å². The second-order valence-electron chi connectivity index (χ2n) is 1.96. The zero-order valence-electron chi connectivity index (χ0n) is 7.45. The van der Waals surface area contributed by atoms with Crippen molar-refractivity contribution in [2.45, 2.75) is 0 Å². The molecular weight excluding hydrogens is 164 g/mol. The highest BCUT2D eigenvalue weighted by Crippen LogP contribution is 1.96. The number of carbonyl (C=O) groups excluding carboxylic acids is 1. The van der Waals surface area contributed by atoms with Gasteiger partial charge in [-0.2, -0.15) is 0 Å². The molecule has 13 heavy (non-hydrogen) atoms. The molecule has 1 aromatic rings. The van der Waals surface area contributed by atoms with Crippen LogP contribution in [0.3, 0.4) is 0 Å². The molecule has 68 valence electrons. The number of hydrogen-bond donors (Lipinski definition) is 2. The monoisotopic (exact) mass is 176 g/mol. The lowest BCUT2D eigenvalue weighted by molar-refractivity contribution is 0.0973. The second kappa shape index (κ2) is 6.89. The summed E-state index contributed by atoms with van der Waals surface area (Å²) < 4.78 is 0. The summed E-state index contributed by atoms with van der Waals surface area (Å²) in [5.41, 5.74) is 5.07. The largest absolute Gasteiger partial charge is 0.333 e. The van der Waals surface area contributed by atoms with Crippen molar-refractivity contribution in [3.05, 3.63) is 35.9 Å². The summed E-state index contributed by atoms with van der Waals surface area (Å²) in [5.74, 6) is -0.242. The highest BCUT2D eigenvalue weighted by atomic mass is 16.1. The summed E-state index contributed by atoms with van der Waals surface area (Å²) in [6.07, 6.45) is 4.88. The van der Waals surface area contributed by atoms with Crippen molar-refractivity contribution in [3.63, 3.8) is 0 Å². The molecule has 1 amide bonds. The Balaban J connectivity index is 0.000000671. The summed E-state index contributed by atoms with van der Waals surface area (Å²) in [5, 5.41) is 2.25. The van der Waals surface area contributed by atoms with Gasteiger partial charge in [0.25, 0.3) is 5.91 Å². The van der Waals surface area contributed by atoms with Gasteiger partial charge in [-0.1, -0.05) is 24.6 Å². The number of nitrogens with two attached hydrogens (primary N) is 1. The maximum Gasteiger partial charge on any atom is 0.262 e. The van der Waals surface area contributed by atoms with E-state index in [4.69, 9.17) is 6.42 Å². The van der Waals surface area contributed by atoms with E-state index in [-0.39, 0.29) is 5.91 Å². The van der Waals surface area contributed by atoms with Crippen LogP contribution in [0.15, 0.2) is 30.3 Å². The topological polar surface area (TPSA) is 55.1 Å². The number of rotatable bonds is 1. The number of carbonyl (C=O) groups is 1. The van der Waals surface area contributed by atoms with Crippen molar-refractivity contribution in [2.24, 2.45) is 5.73 Å². The normalized spacial score (nSPS) is 7.46. The van der Waals surface area contributed by atoms with Gasteiger partial charge in [0.05, 0.1) is 0 Å². The molecular formula is C10H12N2O. The molecule has 0 aliphatic heterocycles. The van der Waals surface area contributed by atoms with Gasteiger partial charge in [0, 0.05) is 11.6 Å². The highest BCUT2D eigenvalue weighted by molar-refractivity contribution is 5.95. The minimum atomic E-state index is -0.242. The number of hydrogen-bond acceptors (Lipinski definition) is 2. The Morgan fingerprint density at radius 3 is 2.38 bits per heavy atom. The zero-order valence-corrected chi connectivity index (χ0v) is 7.45. The van der Waals surface area contributed by atoms with E-state index in [2.05, 4.69) is 17.1 Å². The SMILES string of the molecule is C#CNC(=O)c1ccccc1.CN. The van der Waals surface area contributed by atoms with Gasteiger partial charge in [0.1, 0.15) is 0 Å². The molecule has 0 spiro atoms. The van der Waals surface area contributed by atoms with Gasteiger partial charge in [-0.15, -0.1) is 0 Å². The van der Waals surface area contributed by atoms with E-state index in [0.29, 0.717) is 5.56 Å². The van der Waals surface area contributed by atoms with Crippen molar-refractivity contribution < 1.29 is 4.79 Å². The van der Waals surface area contributed by atoms with Crippen LogP contribution >= 0.6 is 0 Å². The van der Waals surface area contributed by atoms with Gasteiger partial charge in [-0.3, -0.25) is 10.1 Å². The highest BCUT2D eigenvalue weighted by Gasteiger charge is 1.99. The Morgan fingerprint density at radius 1 is 1.38 bits per heavy atom. The zero-order chi connectivity index (χ0) is 10.1. The van der Waals surface area contributed by atoms with Crippen molar-refractivity contribution in [1.82, 2.24) is 5.32 Å². The van der Waals surface area contributed by atoms with Gasteiger partial charge < -0.3 is 5.73 Å². The van der Waals surface area contributed by atoms with E-state index < -0.39 is 0 Å². The third-order valence-corrected chi connectivity index (χ3v) is 1.22. The first-order valence-electron chi connectivity index (χ1n) is 3.73. The summed E-state index contributed by atoms with van der Waals surface area (Å²) in [4.78, 5) is 11.0. The Labute approximate surface area is 77.9 Å². The Bertz CT molecular complexity index is 288. The first-order valence-corrected chi connectivity index (χ1v) is 3.73. The molecule has 0 heterocycles. The van der Waals surface area contributed by atoms with Gasteiger partial charge in [-0.25, -0.2) is 0 Å². The first kappa shape index (κ1) is 11.2. The third-order valence-electron chi connectivity index (χ3n) is 1.22. The lowest BCUT2D eigenvalue weighted by atomic mass is 10.2. The maximum atomic E-state index is 11.0. The minimum absolute atomic E-state index is 0.242. The van der Waals surface area contributed by atoms with Crippen LogP contribution in [0.25, 0.3) is 0 Å². The molecule has 0 unspecified atom stereocenters. The summed E-state index contributed by atoms with van der Waals surface area (Å²) in [6.45, 7) is 0. The molecule has 3 N–H and O–H groups in total. The molecule has 0 bridgehead atoms. The predicted molar refractivity (Wildman–Crippen MR) is 52.9 cm³/mol. The maximum absolute atomic E-state index is 11.0. The molecule has 0 aliphatic rings. The van der Waals surface area contributed by atoms with Crippen molar-refractivity contribution in [2.75, 3.05) is 7.05 Å². The molecule has 0 saturated heterocycles. The summed E-state index contributed by atoms with van der Waals surface area (Å²) in [6, 6.07) is 10.9. The standard InChI is InChI=1S/C9H7NO.CH5N/c1-2-10-9(11)8-6-4-3-5-7-8;1-2/h1,3-7H,(H,10,11);2H2,1H3. The number of nitrogens with one attached hydrogen (secondary N) is 1. The van der Waals surface area contributed by atoms with E-state index in [9.17, 15) is 4.79 Å². The first-order chi connectivity index (χ1) is 6.34. The van der Waals surface area contributed by atoms with E-state index in [1.54, 1.807) is 24.3 Å². The van der Waals surface area contributed by atoms with Crippen LogP contribution in [0.2, 0.25) is 0 Å². The predicted octanol–water partition coefficient (Wildman–Crippen LogP) is 0.582. The van der Waals surface area contributed by atoms with Crippen LogP contribution in [0, 0.1) is 12.5 Å². The summed E-state index contributed by atoms with van der Waals surface area (Å²) in [7, 11) is 1.50. The molecule has 0 saturated carbocycles. The van der Waals surface area contributed by atoms with Crippen LogP contribution < -0.4 is 11.1 Å². The van der Waals surface area contributed by atoms with Gasteiger partial charge >= 0.3 is 0 Å². The van der Waals surface area contributed by atoms with Crippen molar-refractivity contribution >= 4 is 5.91 Å². The smallest absolute Gasteiger partial charge is 0.262 e. The van der Waals surface area contributed by atoms with E-state index in [1.807, 2.05) is 6.07 Å². The fourth-order valence-electron chi connectivity index (χ4n) is 0.727. The lowest BCUT2D eigenvalue weighted by Gasteiger charge is -1.95. The Morgan fingerprint density at radius 2 is 1.92 bits per heavy atom. The van der Waals surface area contributed by atoms with Crippen LogP contribution in [0.5, 0.6) is 0 Å². The average Bonchev–Trinajstić information content (AvgIpc) is 2.23. The number of terminal acetylenes is 1.